The zero-order chi connectivity index (χ0) is 11.5. The van der Waals surface area contributed by atoms with E-state index in [4.69, 9.17) is 0 Å². The molecule has 2 atom stereocenters. The largest absolute Gasteiger partial charge is 0.480 e. The molecule has 0 amide bonds. The molecular weight excluding hydrogens is 222 g/mol. The van der Waals surface area contributed by atoms with Crippen LogP contribution in [0.1, 0.15) is 37.1 Å². The molecule has 0 spiro atoms. The maximum absolute atomic E-state index is 11.2. The fourth-order valence-electron chi connectivity index (χ4n) is 2.38. The molecule has 1 aromatic rings. The van der Waals surface area contributed by atoms with E-state index >= 15 is 0 Å². The predicted octanol–water partition coefficient (Wildman–Crippen LogP) is 2.75. The molecule has 1 aliphatic heterocycles. The van der Waals surface area contributed by atoms with E-state index in [-0.39, 0.29) is 12.1 Å². The molecular formula is C12H17NO2S. The fraction of sp³-hybridized carbons (Fsp3) is 0.583. The van der Waals surface area contributed by atoms with Crippen LogP contribution in [0.3, 0.4) is 0 Å². The van der Waals surface area contributed by atoms with Crippen molar-refractivity contribution in [1.82, 2.24) is 4.90 Å². The first-order chi connectivity index (χ1) is 7.70. The van der Waals surface area contributed by atoms with Crippen molar-refractivity contribution < 1.29 is 9.90 Å². The second-order valence-electron chi connectivity index (χ2n) is 4.28. The van der Waals surface area contributed by atoms with Crippen molar-refractivity contribution in [2.75, 3.05) is 6.54 Å². The SMILES string of the molecule is C[C@@H](c1cccs1)N1CCCC[C@H]1C(=O)O. The van der Waals surface area contributed by atoms with Gasteiger partial charge in [0.2, 0.25) is 0 Å². The van der Waals surface area contributed by atoms with Crippen LogP contribution in [0, 0.1) is 0 Å². The predicted molar refractivity (Wildman–Crippen MR) is 64.7 cm³/mol. The Morgan fingerprint density at radius 3 is 3.06 bits per heavy atom. The lowest BCUT2D eigenvalue weighted by molar-refractivity contribution is -0.145. The molecule has 88 valence electrons. The molecule has 1 N–H and O–H groups in total. The monoisotopic (exact) mass is 239 g/mol. The van der Waals surface area contributed by atoms with Gasteiger partial charge in [-0.1, -0.05) is 12.5 Å². The van der Waals surface area contributed by atoms with Gasteiger partial charge in [0.25, 0.3) is 0 Å². The number of thiophene rings is 1. The average Bonchev–Trinajstić information content (AvgIpc) is 2.81. The van der Waals surface area contributed by atoms with Gasteiger partial charge in [-0.3, -0.25) is 9.69 Å². The van der Waals surface area contributed by atoms with Crippen LogP contribution >= 0.6 is 11.3 Å². The number of aliphatic carboxylic acids is 1. The zero-order valence-electron chi connectivity index (χ0n) is 9.43. The minimum Gasteiger partial charge on any atom is -0.480 e. The van der Waals surface area contributed by atoms with Crippen molar-refractivity contribution in [3.05, 3.63) is 22.4 Å². The van der Waals surface area contributed by atoms with Crippen LogP contribution < -0.4 is 0 Å². The Bertz CT molecular complexity index is 350. The van der Waals surface area contributed by atoms with Gasteiger partial charge in [0.15, 0.2) is 0 Å². The van der Waals surface area contributed by atoms with Crippen LogP contribution in [0.25, 0.3) is 0 Å². The van der Waals surface area contributed by atoms with E-state index < -0.39 is 5.97 Å². The Hall–Kier alpha value is -0.870. The molecule has 1 saturated heterocycles. The minimum atomic E-state index is -0.678. The Labute approximate surface area is 99.7 Å². The first-order valence-corrected chi connectivity index (χ1v) is 6.60. The van der Waals surface area contributed by atoms with Gasteiger partial charge in [-0.25, -0.2) is 0 Å². The van der Waals surface area contributed by atoms with Gasteiger partial charge >= 0.3 is 5.97 Å². The maximum atomic E-state index is 11.2. The van der Waals surface area contributed by atoms with E-state index in [9.17, 15) is 9.90 Å². The van der Waals surface area contributed by atoms with Gasteiger partial charge in [0.1, 0.15) is 6.04 Å². The molecule has 1 aliphatic rings. The number of carbonyl (C=O) groups is 1. The molecule has 0 aliphatic carbocycles. The first-order valence-electron chi connectivity index (χ1n) is 5.72. The summed E-state index contributed by atoms with van der Waals surface area (Å²) in [6.45, 7) is 3.00. The van der Waals surface area contributed by atoms with Gasteiger partial charge in [-0.2, -0.15) is 0 Å². The van der Waals surface area contributed by atoms with Crippen LogP contribution in [-0.2, 0) is 4.79 Å². The van der Waals surface area contributed by atoms with Crippen LogP contribution in [0.15, 0.2) is 17.5 Å². The Morgan fingerprint density at radius 2 is 2.44 bits per heavy atom. The molecule has 2 rings (SSSR count). The number of hydrogen-bond donors (Lipinski definition) is 1. The van der Waals surface area contributed by atoms with Crippen molar-refractivity contribution in [2.24, 2.45) is 0 Å². The minimum absolute atomic E-state index is 0.224. The summed E-state index contributed by atoms with van der Waals surface area (Å²) in [6.07, 6.45) is 2.93. The number of likely N-dealkylation sites (tertiary alicyclic amines) is 1. The quantitative estimate of drug-likeness (QED) is 0.881. The van der Waals surface area contributed by atoms with Gasteiger partial charge in [0.05, 0.1) is 0 Å². The van der Waals surface area contributed by atoms with E-state index in [2.05, 4.69) is 17.9 Å². The second-order valence-corrected chi connectivity index (χ2v) is 5.26. The zero-order valence-corrected chi connectivity index (χ0v) is 10.2. The van der Waals surface area contributed by atoms with Gasteiger partial charge in [-0.05, 0) is 37.8 Å². The number of rotatable bonds is 3. The normalized spacial score (nSPS) is 24.2. The third-order valence-electron chi connectivity index (χ3n) is 3.28. The van der Waals surface area contributed by atoms with Crippen LogP contribution in [0.2, 0.25) is 0 Å². The summed E-state index contributed by atoms with van der Waals surface area (Å²) in [4.78, 5) is 14.6. The smallest absolute Gasteiger partial charge is 0.320 e. The van der Waals surface area contributed by atoms with E-state index in [1.165, 1.54) is 4.88 Å². The van der Waals surface area contributed by atoms with Crippen LogP contribution in [0.4, 0.5) is 0 Å². The lowest BCUT2D eigenvalue weighted by atomic mass is 10.00. The summed E-state index contributed by atoms with van der Waals surface area (Å²) in [5.74, 6) is -0.678. The molecule has 0 bridgehead atoms. The fourth-order valence-corrected chi connectivity index (χ4v) is 3.18. The second kappa shape index (κ2) is 4.97. The highest BCUT2D eigenvalue weighted by Crippen LogP contribution is 2.30. The molecule has 0 saturated carbocycles. The molecule has 3 nitrogen and oxygen atoms in total. The number of nitrogens with zero attached hydrogens (tertiary/aromatic N) is 1. The molecule has 0 radical (unpaired) electrons. The number of hydrogen-bond acceptors (Lipinski definition) is 3. The summed E-state index contributed by atoms with van der Waals surface area (Å²) in [5.41, 5.74) is 0. The van der Waals surface area contributed by atoms with Gasteiger partial charge in [-0.15, -0.1) is 11.3 Å². The highest BCUT2D eigenvalue weighted by Gasteiger charge is 2.32. The molecule has 0 unspecified atom stereocenters. The van der Waals surface area contributed by atoms with Crippen molar-refractivity contribution in [3.63, 3.8) is 0 Å². The van der Waals surface area contributed by atoms with Crippen LogP contribution in [-0.4, -0.2) is 28.6 Å². The van der Waals surface area contributed by atoms with E-state index in [1.54, 1.807) is 11.3 Å². The highest BCUT2D eigenvalue weighted by atomic mass is 32.1. The summed E-state index contributed by atoms with van der Waals surface area (Å²) >= 11 is 1.70. The molecule has 2 heterocycles. The standard InChI is InChI=1S/C12H17NO2S/c1-9(11-6-4-8-16-11)13-7-3-2-5-10(13)12(14)15/h4,6,8-10H,2-3,5,7H2,1H3,(H,14,15)/t9-,10-/m0/s1. The van der Waals surface area contributed by atoms with E-state index in [1.807, 2.05) is 11.4 Å². The summed E-state index contributed by atoms with van der Waals surface area (Å²) < 4.78 is 0. The average molecular weight is 239 g/mol. The topological polar surface area (TPSA) is 40.5 Å². The van der Waals surface area contributed by atoms with Crippen molar-refractivity contribution in [3.8, 4) is 0 Å². The van der Waals surface area contributed by atoms with Gasteiger partial charge < -0.3 is 5.11 Å². The molecule has 1 fully saturated rings. The molecule has 1 aromatic heterocycles. The third-order valence-corrected chi connectivity index (χ3v) is 4.32. The maximum Gasteiger partial charge on any atom is 0.320 e. The highest BCUT2D eigenvalue weighted by molar-refractivity contribution is 7.10. The Kier molecular flexibility index (Phi) is 3.61. The van der Waals surface area contributed by atoms with Crippen molar-refractivity contribution >= 4 is 17.3 Å². The molecule has 16 heavy (non-hydrogen) atoms. The summed E-state index contributed by atoms with van der Waals surface area (Å²) in [7, 11) is 0. The van der Waals surface area contributed by atoms with Crippen molar-refractivity contribution in [1.29, 1.82) is 0 Å². The lowest BCUT2D eigenvalue weighted by Gasteiger charge is -2.37. The summed E-state index contributed by atoms with van der Waals surface area (Å²) in [5, 5.41) is 11.3. The van der Waals surface area contributed by atoms with E-state index in [0.717, 1.165) is 25.8 Å². The number of piperidine rings is 1. The first kappa shape index (κ1) is 11.6. The Balaban J connectivity index is 2.14. The lowest BCUT2D eigenvalue weighted by Crippen LogP contribution is -2.45. The number of carboxylic acid groups (broad SMARTS) is 1. The summed E-state index contributed by atoms with van der Waals surface area (Å²) in [6, 6.07) is 4.03. The third kappa shape index (κ3) is 2.28. The van der Waals surface area contributed by atoms with E-state index in [0.29, 0.717) is 0 Å². The molecule has 0 aromatic carbocycles. The molecule has 4 heteroatoms. The van der Waals surface area contributed by atoms with Crippen LogP contribution in [0.5, 0.6) is 0 Å². The van der Waals surface area contributed by atoms with Crippen molar-refractivity contribution in [2.45, 2.75) is 38.3 Å². The Morgan fingerprint density at radius 1 is 1.62 bits per heavy atom. The number of carboxylic acids is 1. The van der Waals surface area contributed by atoms with Gasteiger partial charge in [0, 0.05) is 10.9 Å².